The molecule has 0 amide bonds. The Morgan fingerprint density at radius 1 is 1.29 bits per heavy atom. The first kappa shape index (κ1) is 18.6. The highest BCUT2D eigenvalue weighted by molar-refractivity contribution is 9.10. The van der Waals surface area contributed by atoms with Crippen molar-refractivity contribution in [2.24, 2.45) is 0 Å². The van der Waals surface area contributed by atoms with E-state index in [9.17, 15) is 9.59 Å². The molecule has 0 atom stereocenters. The van der Waals surface area contributed by atoms with Crippen LogP contribution < -0.4 is 5.56 Å². The molecule has 6 nitrogen and oxygen atoms in total. The SMILES string of the molecule is CC.O=C(CSc1nc2[nH]c(=S)[nH]c(=O)c2[nH]1)c1cccc(Br)c1. The van der Waals surface area contributed by atoms with Gasteiger partial charge in [0.25, 0.3) is 5.56 Å². The third-order valence-electron chi connectivity index (χ3n) is 2.85. The van der Waals surface area contributed by atoms with Crippen LogP contribution in [0.5, 0.6) is 0 Å². The number of rotatable bonds is 4. The second-order valence-corrected chi connectivity index (χ2v) is 6.68. The smallest absolute Gasteiger partial charge is 0.277 e. The Balaban J connectivity index is 0.00000100. The standard InChI is InChI=1S/C13H9BrN4O2S2.C2H6/c14-7-3-1-2-6(4-7)8(19)5-22-13-15-9-10(17-13)16-12(21)18-11(9)20;1-2/h1-4H,5H2,(H3,15,16,17,18,20,21);1-2H3. The summed E-state index contributed by atoms with van der Waals surface area (Å²) in [6.07, 6.45) is 0. The van der Waals surface area contributed by atoms with Gasteiger partial charge < -0.3 is 9.97 Å². The molecule has 3 N–H and O–H groups in total. The Labute approximate surface area is 155 Å². The molecule has 0 aliphatic heterocycles. The van der Waals surface area contributed by atoms with Crippen LogP contribution in [0.25, 0.3) is 11.2 Å². The van der Waals surface area contributed by atoms with Crippen LogP contribution in [0.1, 0.15) is 24.2 Å². The third-order valence-corrected chi connectivity index (χ3v) is 4.43. The lowest BCUT2D eigenvalue weighted by Gasteiger charge is -2.00. The van der Waals surface area contributed by atoms with Crippen LogP contribution in [-0.4, -0.2) is 31.5 Å². The van der Waals surface area contributed by atoms with Crippen LogP contribution in [0.2, 0.25) is 0 Å². The highest BCUT2D eigenvalue weighted by Crippen LogP contribution is 2.19. The number of carbonyl (C=O) groups is 1. The Kier molecular flexibility index (Phi) is 6.52. The molecule has 0 fully saturated rings. The van der Waals surface area contributed by atoms with Crippen LogP contribution in [0.15, 0.2) is 38.7 Å². The minimum atomic E-state index is -0.337. The van der Waals surface area contributed by atoms with Gasteiger partial charge in [0.05, 0.1) is 5.75 Å². The number of benzene rings is 1. The number of hydrogen-bond acceptors (Lipinski definition) is 5. The van der Waals surface area contributed by atoms with Gasteiger partial charge in [-0.1, -0.05) is 53.7 Å². The second kappa shape index (κ2) is 8.41. The van der Waals surface area contributed by atoms with Crippen molar-refractivity contribution in [2.45, 2.75) is 19.0 Å². The fourth-order valence-electron chi connectivity index (χ4n) is 1.86. The summed E-state index contributed by atoms with van der Waals surface area (Å²) >= 11 is 9.45. The Morgan fingerprint density at radius 3 is 2.75 bits per heavy atom. The first-order valence-electron chi connectivity index (χ1n) is 7.17. The van der Waals surface area contributed by atoms with Gasteiger partial charge in [0.1, 0.15) is 5.52 Å². The number of hydrogen-bond donors (Lipinski definition) is 3. The number of Topliss-reactive ketones (excluding diaryl/α,β-unsaturated/α-hetero) is 1. The minimum absolute atomic E-state index is 0.0198. The van der Waals surface area contributed by atoms with Crippen LogP contribution in [0.3, 0.4) is 0 Å². The summed E-state index contributed by atoms with van der Waals surface area (Å²) in [7, 11) is 0. The molecule has 9 heteroatoms. The molecule has 126 valence electrons. The summed E-state index contributed by atoms with van der Waals surface area (Å²) < 4.78 is 1.07. The topological polar surface area (TPSA) is 94.4 Å². The summed E-state index contributed by atoms with van der Waals surface area (Å²) in [5.74, 6) is 0.197. The summed E-state index contributed by atoms with van der Waals surface area (Å²) in [4.78, 5) is 36.2. The van der Waals surface area contributed by atoms with Crippen LogP contribution in [0, 0.1) is 4.77 Å². The van der Waals surface area contributed by atoms with Crippen molar-refractivity contribution in [1.29, 1.82) is 0 Å². The second-order valence-electron chi connectivity index (χ2n) is 4.40. The van der Waals surface area contributed by atoms with Gasteiger partial charge in [-0.05, 0) is 24.4 Å². The zero-order valence-electron chi connectivity index (χ0n) is 13.0. The maximum atomic E-state index is 12.1. The predicted molar refractivity (Wildman–Crippen MR) is 102 cm³/mol. The number of carbonyl (C=O) groups excluding carboxylic acids is 1. The molecule has 0 aliphatic carbocycles. The first-order chi connectivity index (χ1) is 11.5. The maximum Gasteiger partial charge on any atom is 0.277 e. The van der Waals surface area contributed by atoms with Crippen molar-refractivity contribution in [3.8, 4) is 0 Å². The van der Waals surface area contributed by atoms with Crippen molar-refractivity contribution in [1.82, 2.24) is 19.9 Å². The number of H-pyrrole nitrogens is 3. The molecule has 0 saturated heterocycles. The van der Waals surface area contributed by atoms with Gasteiger partial charge in [-0.3, -0.25) is 14.6 Å². The number of aromatic nitrogens is 4. The fraction of sp³-hybridized carbons (Fsp3) is 0.200. The molecule has 2 heterocycles. The molecule has 2 aromatic heterocycles. The molecule has 0 unspecified atom stereocenters. The van der Waals surface area contributed by atoms with Crippen molar-refractivity contribution in [2.75, 3.05) is 5.75 Å². The van der Waals surface area contributed by atoms with E-state index in [0.29, 0.717) is 21.9 Å². The quantitative estimate of drug-likeness (QED) is 0.332. The lowest BCUT2D eigenvalue weighted by Crippen LogP contribution is -2.07. The number of aromatic amines is 3. The lowest BCUT2D eigenvalue weighted by atomic mass is 10.2. The minimum Gasteiger partial charge on any atom is -0.327 e. The normalized spacial score (nSPS) is 10.3. The number of fused-ring (bicyclic) bond motifs is 1. The Hall–Kier alpha value is -1.71. The maximum absolute atomic E-state index is 12.1. The number of nitrogens with zero attached hydrogens (tertiary/aromatic N) is 1. The van der Waals surface area contributed by atoms with Gasteiger partial charge in [-0.2, -0.15) is 0 Å². The number of nitrogens with one attached hydrogen (secondary N) is 3. The highest BCUT2D eigenvalue weighted by atomic mass is 79.9. The van der Waals surface area contributed by atoms with E-state index in [4.69, 9.17) is 12.2 Å². The molecular weight excluding hydrogens is 412 g/mol. The fourth-order valence-corrected chi connectivity index (χ4v) is 3.21. The Morgan fingerprint density at radius 2 is 2.04 bits per heavy atom. The van der Waals surface area contributed by atoms with Gasteiger partial charge in [0.2, 0.25) is 0 Å². The van der Waals surface area contributed by atoms with E-state index < -0.39 is 0 Å². The molecule has 3 rings (SSSR count). The monoisotopic (exact) mass is 426 g/mol. The van der Waals surface area contributed by atoms with Crippen molar-refractivity contribution in [3.05, 3.63) is 49.4 Å². The van der Waals surface area contributed by atoms with Crippen molar-refractivity contribution < 1.29 is 4.79 Å². The molecule has 3 aromatic rings. The summed E-state index contributed by atoms with van der Waals surface area (Å²) in [5.41, 5.74) is 0.976. The van der Waals surface area contributed by atoms with Gasteiger partial charge >= 0.3 is 0 Å². The molecule has 0 spiro atoms. The van der Waals surface area contributed by atoms with Gasteiger partial charge in [0.15, 0.2) is 21.4 Å². The van der Waals surface area contributed by atoms with Gasteiger partial charge in [-0.15, -0.1) is 0 Å². The zero-order chi connectivity index (χ0) is 17.7. The zero-order valence-corrected chi connectivity index (χ0v) is 16.2. The number of halogens is 1. The number of thioether (sulfide) groups is 1. The average molecular weight is 427 g/mol. The van der Waals surface area contributed by atoms with Crippen LogP contribution in [-0.2, 0) is 0 Å². The average Bonchev–Trinajstić information content (AvgIpc) is 2.98. The number of ketones is 1. The number of imidazole rings is 1. The van der Waals surface area contributed by atoms with E-state index in [1.807, 2.05) is 26.0 Å². The molecule has 0 saturated carbocycles. The van der Waals surface area contributed by atoms with Crippen molar-refractivity contribution in [3.63, 3.8) is 0 Å². The van der Waals surface area contributed by atoms with Crippen molar-refractivity contribution >= 4 is 56.9 Å². The van der Waals surface area contributed by atoms with E-state index in [0.717, 1.165) is 4.47 Å². The van der Waals surface area contributed by atoms with E-state index in [1.165, 1.54) is 11.8 Å². The van der Waals surface area contributed by atoms with E-state index in [-0.39, 0.29) is 21.9 Å². The van der Waals surface area contributed by atoms with Gasteiger partial charge in [-0.25, -0.2) is 4.98 Å². The molecule has 1 aromatic carbocycles. The summed E-state index contributed by atoms with van der Waals surface area (Å²) in [6, 6.07) is 7.19. The highest BCUT2D eigenvalue weighted by Gasteiger charge is 2.11. The predicted octanol–water partition coefficient (Wildman–Crippen LogP) is 4.07. The molecular formula is C15H15BrN4O2S2. The van der Waals surface area contributed by atoms with Crippen LogP contribution >= 0.6 is 39.9 Å². The van der Waals surface area contributed by atoms with Crippen LogP contribution in [0.4, 0.5) is 0 Å². The first-order valence-corrected chi connectivity index (χ1v) is 9.35. The third kappa shape index (κ3) is 4.43. The van der Waals surface area contributed by atoms with Gasteiger partial charge in [0, 0.05) is 10.0 Å². The van der Waals surface area contributed by atoms with E-state index in [1.54, 1.807) is 12.1 Å². The lowest BCUT2D eigenvalue weighted by molar-refractivity contribution is 0.102. The largest absolute Gasteiger partial charge is 0.327 e. The Bertz CT molecular complexity index is 977. The summed E-state index contributed by atoms with van der Waals surface area (Å²) in [5, 5.41) is 0.487. The molecule has 0 aliphatic rings. The summed E-state index contributed by atoms with van der Waals surface area (Å²) in [6.45, 7) is 4.00. The van der Waals surface area contributed by atoms with E-state index >= 15 is 0 Å². The molecule has 0 radical (unpaired) electrons. The van der Waals surface area contributed by atoms with E-state index in [2.05, 4.69) is 35.9 Å². The molecule has 24 heavy (non-hydrogen) atoms. The molecule has 0 bridgehead atoms.